The highest BCUT2D eigenvalue weighted by Crippen LogP contribution is 2.37. The van der Waals surface area contributed by atoms with Gasteiger partial charge >= 0.3 is 0 Å². The van der Waals surface area contributed by atoms with Crippen LogP contribution in [0.15, 0.2) is 60.7 Å². The van der Waals surface area contributed by atoms with Crippen molar-refractivity contribution in [3.63, 3.8) is 0 Å². The zero-order valence-electron chi connectivity index (χ0n) is 22.7. The second-order valence-corrected chi connectivity index (χ2v) is 10.2. The Hall–Kier alpha value is -3.87. The average molecular weight is 516 g/mol. The number of ether oxygens (including phenoxy) is 1. The molecule has 0 saturated carbocycles. The fourth-order valence-corrected chi connectivity index (χ4v) is 5.00. The molecule has 3 aromatic carbocycles. The van der Waals surface area contributed by atoms with Gasteiger partial charge in [-0.2, -0.15) is 0 Å². The number of methoxy groups -OCH3 is 1. The number of carbonyl (C=O) groups is 3. The number of hydrogen-bond donors (Lipinski definition) is 1. The van der Waals surface area contributed by atoms with Crippen LogP contribution in [0.25, 0.3) is 10.8 Å². The predicted molar refractivity (Wildman–Crippen MR) is 150 cm³/mol. The molecule has 0 spiro atoms. The summed E-state index contributed by atoms with van der Waals surface area (Å²) in [5.74, 6) is 0.780. The summed E-state index contributed by atoms with van der Waals surface area (Å²) < 4.78 is 5.26. The van der Waals surface area contributed by atoms with Crippen molar-refractivity contribution in [2.45, 2.75) is 52.6 Å². The van der Waals surface area contributed by atoms with Gasteiger partial charge in [-0.1, -0.05) is 57.2 Å². The Morgan fingerprint density at radius 1 is 1.03 bits per heavy atom. The van der Waals surface area contributed by atoms with Gasteiger partial charge < -0.3 is 19.9 Å². The van der Waals surface area contributed by atoms with Crippen LogP contribution in [0.5, 0.6) is 5.75 Å². The topological polar surface area (TPSA) is 79.0 Å². The van der Waals surface area contributed by atoms with Gasteiger partial charge in [-0.3, -0.25) is 14.4 Å². The Bertz CT molecular complexity index is 1300. The van der Waals surface area contributed by atoms with Gasteiger partial charge in [0.15, 0.2) is 0 Å². The number of nitrogens with zero attached hydrogens (tertiary/aromatic N) is 2. The monoisotopic (exact) mass is 515 g/mol. The molecule has 3 amide bonds. The highest BCUT2D eigenvalue weighted by Gasteiger charge is 2.31. The summed E-state index contributed by atoms with van der Waals surface area (Å²) in [6, 6.07) is 18.7. The van der Waals surface area contributed by atoms with E-state index in [4.69, 9.17) is 4.74 Å². The number of anilines is 1. The van der Waals surface area contributed by atoms with Crippen LogP contribution in [0.4, 0.5) is 5.69 Å². The van der Waals surface area contributed by atoms with Crippen molar-refractivity contribution in [3.05, 3.63) is 71.8 Å². The second kappa shape index (κ2) is 12.1. The minimum absolute atomic E-state index is 0.0289. The Morgan fingerprint density at radius 3 is 2.39 bits per heavy atom. The third kappa shape index (κ3) is 5.82. The number of carbonyl (C=O) groups excluding carboxylic acids is 3. The number of nitrogens with one attached hydrogen (secondary N) is 1. The molecular formula is C31H37N3O4. The maximum atomic E-state index is 13.6. The zero-order valence-corrected chi connectivity index (χ0v) is 22.7. The van der Waals surface area contributed by atoms with Crippen LogP contribution in [-0.4, -0.2) is 48.9 Å². The van der Waals surface area contributed by atoms with Gasteiger partial charge in [0.1, 0.15) is 11.8 Å². The molecule has 4 rings (SSSR count). The van der Waals surface area contributed by atoms with E-state index in [-0.39, 0.29) is 24.1 Å². The summed E-state index contributed by atoms with van der Waals surface area (Å²) in [5, 5.41) is 5.01. The Balaban J connectivity index is 1.48. The van der Waals surface area contributed by atoms with Crippen molar-refractivity contribution in [1.29, 1.82) is 0 Å². The number of amides is 3. The Labute approximate surface area is 224 Å². The maximum Gasteiger partial charge on any atom is 0.258 e. The Kier molecular flexibility index (Phi) is 8.66. The summed E-state index contributed by atoms with van der Waals surface area (Å²) in [7, 11) is 1.61. The minimum Gasteiger partial charge on any atom is -0.497 e. The van der Waals surface area contributed by atoms with Gasteiger partial charge in [-0.05, 0) is 54.0 Å². The first-order valence-electron chi connectivity index (χ1n) is 13.4. The van der Waals surface area contributed by atoms with Crippen molar-refractivity contribution in [2.75, 3.05) is 25.1 Å². The molecule has 0 radical (unpaired) electrons. The van der Waals surface area contributed by atoms with E-state index >= 15 is 0 Å². The van der Waals surface area contributed by atoms with Gasteiger partial charge in [-0.15, -0.1) is 0 Å². The average Bonchev–Trinajstić information content (AvgIpc) is 3.20. The predicted octanol–water partition coefficient (Wildman–Crippen LogP) is 5.17. The lowest BCUT2D eigenvalue weighted by Crippen LogP contribution is -2.49. The van der Waals surface area contributed by atoms with Gasteiger partial charge in [-0.25, -0.2) is 0 Å². The molecule has 38 heavy (non-hydrogen) atoms. The summed E-state index contributed by atoms with van der Waals surface area (Å²) in [4.78, 5) is 43.3. The molecular weight excluding hydrogens is 478 g/mol. The Morgan fingerprint density at radius 2 is 1.74 bits per heavy atom. The van der Waals surface area contributed by atoms with Crippen molar-refractivity contribution in [2.24, 2.45) is 5.92 Å². The molecule has 0 unspecified atom stereocenters. The number of hydrogen-bond acceptors (Lipinski definition) is 4. The van der Waals surface area contributed by atoms with Crippen LogP contribution >= 0.6 is 0 Å². The van der Waals surface area contributed by atoms with E-state index in [1.165, 1.54) is 0 Å². The fraction of sp³-hybridized carbons (Fsp3) is 0.387. The molecule has 1 atom stereocenters. The summed E-state index contributed by atoms with van der Waals surface area (Å²) >= 11 is 0. The first-order chi connectivity index (χ1) is 18.3. The summed E-state index contributed by atoms with van der Waals surface area (Å²) in [5.41, 5.74) is 2.52. The van der Waals surface area contributed by atoms with Gasteiger partial charge in [0.25, 0.3) is 5.91 Å². The van der Waals surface area contributed by atoms with E-state index in [0.717, 1.165) is 27.8 Å². The largest absolute Gasteiger partial charge is 0.497 e. The lowest BCUT2D eigenvalue weighted by atomic mass is 10.1. The third-order valence-corrected chi connectivity index (χ3v) is 7.00. The van der Waals surface area contributed by atoms with Gasteiger partial charge in [0.05, 0.1) is 12.8 Å². The van der Waals surface area contributed by atoms with Crippen LogP contribution < -0.4 is 15.0 Å². The molecule has 1 N–H and O–H groups in total. The quantitative estimate of drug-likeness (QED) is 0.361. The van der Waals surface area contributed by atoms with Crippen molar-refractivity contribution in [1.82, 2.24) is 10.2 Å². The highest BCUT2D eigenvalue weighted by atomic mass is 16.5. The van der Waals surface area contributed by atoms with Gasteiger partial charge in [0.2, 0.25) is 11.8 Å². The molecule has 200 valence electrons. The molecule has 0 saturated heterocycles. The second-order valence-electron chi connectivity index (χ2n) is 10.2. The van der Waals surface area contributed by atoms with E-state index in [1.54, 1.807) is 16.9 Å². The fourth-order valence-electron chi connectivity index (χ4n) is 5.00. The normalized spacial score (nSPS) is 13.2. The SMILES string of the molecule is CC[C@@H](C(=O)NCC(C)C)N(Cc1ccc(OC)cc1)C(=O)CCCN1C(=O)c2cccc3cccc1c23. The summed E-state index contributed by atoms with van der Waals surface area (Å²) in [6.07, 6.45) is 1.24. The molecule has 0 fully saturated rings. The van der Waals surface area contributed by atoms with Crippen molar-refractivity contribution < 1.29 is 19.1 Å². The van der Waals surface area contributed by atoms with E-state index in [2.05, 4.69) is 5.32 Å². The van der Waals surface area contributed by atoms with Crippen molar-refractivity contribution >= 4 is 34.2 Å². The molecule has 7 heteroatoms. The third-order valence-electron chi connectivity index (χ3n) is 7.00. The zero-order chi connectivity index (χ0) is 27.2. The molecule has 1 aliphatic rings. The molecule has 0 bridgehead atoms. The van der Waals surface area contributed by atoms with E-state index < -0.39 is 6.04 Å². The standard InChI is InChI=1S/C31H37N3O4/c1-5-26(30(36)32-19-21(2)3)34(20-22-14-16-24(38-4)17-15-22)28(35)13-8-18-33-27-12-7-10-23-9-6-11-25(29(23)27)31(33)37/h6-7,9-12,14-17,21,26H,5,8,13,18-20H2,1-4H3,(H,32,36)/t26-/m0/s1. The molecule has 0 aromatic heterocycles. The van der Waals surface area contributed by atoms with E-state index in [0.29, 0.717) is 44.0 Å². The van der Waals surface area contributed by atoms with Crippen LogP contribution in [0.1, 0.15) is 56.0 Å². The molecule has 3 aromatic rings. The van der Waals surface area contributed by atoms with Crippen molar-refractivity contribution in [3.8, 4) is 5.75 Å². The van der Waals surface area contributed by atoms with Crippen LogP contribution in [0.2, 0.25) is 0 Å². The van der Waals surface area contributed by atoms with E-state index in [9.17, 15) is 14.4 Å². The van der Waals surface area contributed by atoms with E-state index in [1.807, 2.05) is 81.4 Å². The smallest absolute Gasteiger partial charge is 0.258 e. The van der Waals surface area contributed by atoms with Crippen LogP contribution in [0.3, 0.4) is 0 Å². The first kappa shape index (κ1) is 27.2. The van der Waals surface area contributed by atoms with Gasteiger partial charge in [0, 0.05) is 37.0 Å². The number of benzene rings is 3. The molecule has 1 aliphatic heterocycles. The van der Waals surface area contributed by atoms with Crippen LogP contribution in [-0.2, 0) is 16.1 Å². The minimum atomic E-state index is -0.574. The molecule has 7 nitrogen and oxygen atoms in total. The highest BCUT2D eigenvalue weighted by molar-refractivity contribution is 6.25. The lowest BCUT2D eigenvalue weighted by molar-refractivity contribution is -0.141. The summed E-state index contributed by atoms with van der Waals surface area (Å²) in [6.45, 7) is 7.33. The first-order valence-corrected chi connectivity index (χ1v) is 13.4. The van der Waals surface area contributed by atoms with Crippen LogP contribution in [0, 0.1) is 5.92 Å². The molecule has 1 heterocycles. The number of rotatable bonds is 12. The molecule has 0 aliphatic carbocycles. The lowest BCUT2D eigenvalue weighted by Gasteiger charge is -2.31. The maximum absolute atomic E-state index is 13.6.